The highest BCUT2D eigenvalue weighted by atomic mass is 32.1. The number of aromatic nitrogens is 1. The van der Waals surface area contributed by atoms with Crippen molar-refractivity contribution >= 4 is 23.4 Å². The van der Waals surface area contributed by atoms with Crippen LogP contribution in [0.5, 0.6) is 11.5 Å². The summed E-state index contributed by atoms with van der Waals surface area (Å²) in [6.07, 6.45) is 3.14. The molecule has 0 saturated carbocycles. The lowest BCUT2D eigenvalue weighted by atomic mass is 9.95. The maximum Gasteiger partial charge on any atom is 0.338 e. The summed E-state index contributed by atoms with van der Waals surface area (Å²) in [7, 11) is 3.04. The molecule has 0 fully saturated rings. The van der Waals surface area contributed by atoms with Crippen LogP contribution in [0.15, 0.2) is 76.2 Å². The van der Waals surface area contributed by atoms with Crippen LogP contribution < -0.4 is 24.4 Å². The van der Waals surface area contributed by atoms with Gasteiger partial charge in [-0.3, -0.25) is 9.36 Å². The van der Waals surface area contributed by atoms with Gasteiger partial charge in [-0.1, -0.05) is 42.2 Å². The number of carbonyl (C=O) groups excluding carboxylic acids is 1. The van der Waals surface area contributed by atoms with Gasteiger partial charge in [0, 0.05) is 0 Å². The van der Waals surface area contributed by atoms with E-state index in [1.807, 2.05) is 0 Å². The number of esters is 1. The third-order valence-corrected chi connectivity index (χ3v) is 6.45. The molecule has 0 aliphatic carbocycles. The summed E-state index contributed by atoms with van der Waals surface area (Å²) in [4.78, 5) is 31.7. The summed E-state index contributed by atoms with van der Waals surface area (Å²) < 4.78 is 31.3. The molecule has 0 saturated heterocycles. The van der Waals surface area contributed by atoms with E-state index in [1.54, 1.807) is 43.3 Å². The quantitative estimate of drug-likeness (QED) is 0.373. The van der Waals surface area contributed by atoms with Crippen molar-refractivity contribution in [2.24, 2.45) is 4.99 Å². The Bertz CT molecular complexity index is 1500. The molecule has 2 heterocycles. The number of halogens is 1. The number of ether oxygens (including phenoxy) is 3. The van der Waals surface area contributed by atoms with E-state index in [0.29, 0.717) is 37.7 Å². The molecular weight excluding hydrogens is 471 g/mol. The van der Waals surface area contributed by atoms with Crippen LogP contribution in [0.1, 0.15) is 24.1 Å². The largest absolute Gasteiger partial charge is 0.493 e. The Morgan fingerprint density at radius 1 is 1.17 bits per heavy atom. The van der Waals surface area contributed by atoms with Crippen molar-refractivity contribution in [3.8, 4) is 11.5 Å². The number of benzene rings is 2. The first-order valence-corrected chi connectivity index (χ1v) is 11.5. The molecule has 0 unspecified atom stereocenters. The van der Waals surface area contributed by atoms with Crippen LogP contribution in [-0.2, 0) is 9.53 Å². The van der Waals surface area contributed by atoms with Crippen molar-refractivity contribution in [1.29, 1.82) is 0 Å². The fraction of sp³-hybridized carbons (Fsp3) is 0.192. The summed E-state index contributed by atoms with van der Waals surface area (Å²) in [6, 6.07) is 10.2. The van der Waals surface area contributed by atoms with Crippen molar-refractivity contribution in [1.82, 2.24) is 4.57 Å². The molecule has 1 aliphatic rings. The number of thiazole rings is 1. The number of rotatable bonds is 7. The van der Waals surface area contributed by atoms with E-state index < -0.39 is 12.0 Å². The van der Waals surface area contributed by atoms with Gasteiger partial charge in [0.15, 0.2) is 16.3 Å². The van der Waals surface area contributed by atoms with E-state index in [-0.39, 0.29) is 23.6 Å². The predicted molar refractivity (Wildman–Crippen MR) is 131 cm³/mol. The Labute approximate surface area is 204 Å². The van der Waals surface area contributed by atoms with Gasteiger partial charge in [-0.25, -0.2) is 14.2 Å². The topological polar surface area (TPSA) is 79.1 Å². The van der Waals surface area contributed by atoms with Gasteiger partial charge in [0.2, 0.25) is 0 Å². The fourth-order valence-corrected chi connectivity index (χ4v) is 4.89. The van der Waals surface area contributed by atoms with Crippen LogP contribution >= 0.6 is 11.3 Å². The lowest BCUT2D eigenvalue weighted by molar-refractivity contribution is -0.138. The third kappa shape index (κ3) is 4.67. The maximum atomic E-state index is 13.6. The zero-order valence-corrected chi connectivity index (χ0v) is 20.2. The minimum Gasteiger partial charge on any atom is -0.493 e. The minimum absolute atomic E-state index is 0.0171. The van der Waals surface area contributed by atoms with Crippen molar-refractivity contribution in [2.45, 2.75) is 13.0 Å². The lowest BCUT2D eigenvalue weighted by Gasteiger charge is -2.25. The van der Waals surface area contributed by atoms with E-state index in [9.17, 15) is 14.0 Å². The van der Waals surface area contributed by atoms with Gasteiger partial charge in [0.05, 0.1) is 36.1 Å². The second-order valence-corrected chi connectivity index (χ2v) is 8.64. The molecule has 0 spiro atoms. The Morgan fingerprint density at radius 3 is 2.54 bits per heavy atom. The second-order valence-electron chi connectivity index (χ2n) is 7.63. The second kappa shape index (κ2) is 10.1. The highest BCUT2D eigenvalue weighted by Gasteiger charge is 2.34. The van der Waals surface area contributed by atoms with Crippen molar-refractivity contribution in [3.63, 3.8) is 0 Å². The molecule has 180 valence electrons. The van der Waals surface area contributed by atoms with Gasteiger partial charge in [-0.2, -0.15) is 0 Å². The zero-order chi connectivity index (χ0) is 25.1. The molecule has 1 aromatic heterocycles. The van der Waals surface area contributed by atoms with E-state index in [4.69, 9.17) is 14.2 Å². The molecule has 3 aromatic rings. The van der Waals surface area contributed by atoms with Gasteiger partial charge >= 0.3 is 5.97 Å². The number of carbonyl (C=O) groups is 1. The van der Waals surface area contributed by atoms with Crippen LogP contribution in [0.2, 0.25) is 0 Å². The monoisotopic (exact) mass is 494 g/mol. The number of allylic oxidation sites excluding steroid dienone is 1. The maximum absolute atomic E-state index is 13.6. The predicted octanol–water partition coefficient (Wildman–Crippen LogP) is 3.12. The van der Waals surface area contributed by atoms with E-state index >= 15 is 0 Å². The molecule has 1 atom stereocenters. The summed E-state index contributed by atoms with van der Waals surface area (Å²) in [5.41, 5.74) is 1.63. The Morgan fingerprint density at radius 2 is 1.89 bits per heavy atom. The fourth-order valence-electron chi connectivity index (χ4n) is 3.84. The number of hydrogen-bond acceptors (Lipinski definition) is 7. The van der Waals surface area contributed by atoms with Crippen molar-refractivity contribution in [2.75, 3.05) is 20.8 Å². The molecule has 0 bridgehead atoms. The van der Waals surface area contributed by atoms with Crippen LogP contribution in [0, 0.1) is 5.82 Å². The van der Waals surface area contributed by atoms with Crippen LogP contribution in [0.3, 0.4) is 0 Å². The number of methoxy groups -OCH3 is 2. The smallest absolute Gasteiger partial charge is 0.338 e. The summed E-state index contributed by atoms with van der Waals surface area (Å²) in [5.74, 6) is -0.00234. The van der Waals surface area contributed by atoms with Gasteiger partial charge < -0.3 is 14.2 Å². The molecule has 4 rings (SSSR count). The third-order valence-electron chi connectivity index (χ3n) is 5.46. The normalized spacial score (nSPS) is 15.3. The molecule has 0 N–H and O–H groups in total. The van der Waals surface area contributed by atoms with E-state index in [1.165, 1.54) is 48.3 Å². The van der Waals surface area contributed by atoms with Crippen LogP contribution in [0.25, 0.3) is 6.08 Å². The molecule has 7 nitrogen and oxygen atoms in total. The van der Waals surface area contributed by atoms with Crippen molar-refractivity contribution in [3.05, 3.63) is 103 Å². The molecule has 35 heavy (non-hydrogen) atoms. The lowest BCUT2D eigenvalue weighted by Crippen LogP contribution is -2.40. The number of fused-ring (bicyclic) bond motifs is 1. The first kappa shape index (κ1) is 24.2. The SMILES string of the molecule is C=CCOC(=O)C1=C(C)N=c2s/c(=C/c3ccc(F)cc3)c(=O)n2[C@H]1c1ccc(OC)c(OC)c1. The van der Waals surface area contributed by atoms with Gasteiger partial charge in [-0.05, 0) is 48.4 Å². The standard InChI is InChI=1S/C26H23FN2O5S/c1-5-12-34-25(31)22-15(2)28-26-29(23(22)17-8-11-19(32-3)20(14-17)33-4)24(30)21(35-26)13-16-6-9-18(27)10-7-16/h5-11,13-14,23H,1,12H2,2-4H3/b21-13+/t23-/m0/s1. The molecule has 9 heteroatoms. The molecule has 0 amide bonds. The highest BCUT2D eigenvalue weighted by molar-refractivity contribution is 7.07. The van der Waals surface area contributed by atoms with Gasteiger partial charge in [0.25, 0.3) is 5.56 Å². The summed E-state index contributed by atoms with van der Waals surface area (Å²) >= 11 is 1.19. The minimum atomic E-state index is -0.807. The Balaban J connectivity index is 1.95. The van der Waals surface area contributed by atoms with Crippen LogP contribution in [0.4, 0.5) is 4.39 Å². The zero-order valence-electron chi connectivity index (χ0n) is 19.4. The average molecular weight is 495 g/mol. The van der Waals surface area contributed by atoms with E-state index in [2.05, 4.69) is 11.6 Å². The highest BCUT2D eigenvalue weighted by Crippen LogP contribution is 2.36. The Hall–Kier alpha value is -3.98. The molecular formula is C26H23FN2O5S. The summed E-state index contributed by atoms with van der Waals surface area (Å²) in [5, 5.41) is 0. The van der Waals surface area contributed by atoms with Crippen LogP contribution in [-0.4, -0.2) is 31.4 Å². The molecule has 1 aliphatic heterocycles. The van der Waals surface area contributed by atoms with Crippen molar-refractivity contribution < 1.29 is 23.4 Å². The van der Waals surface area contributed by atoms with Gasteiger partial charge in [0.1, 0.15) is 12.4 Å². The average Bonchev–Trinajstić information content (AvgIpc) is 3.16. The van der Waals surface area contributed by atoms with E-state index in [0.717, 1.165) is 0 Å². The first-order chi connectivity index (χ1) is 16.9. The number of hydrogen-bond donors (Lipinski definition) is 0. The first-order valence-electron chi connectivity index (χ1n) is 10.7. The number of nitrogens with zero attached hydrogens (tertiary/aromatic N) is 2. The molecule has 2 aromatic carbocycles. The Kier molecular flexibility index (Phi) is 6.97. The summed E-state index contributed by atoms with van der Waals surface area (Å²) in [6.45, 7) is 5.31. The van der Waals surface area contributed by atoms with Gasteiger partial charge in [-0.15, -0.1) is 0 Å². The molecule has 0 radical (unpaired) electrons.